The van der Waals surface area contributed by atoms with Crippen molar-refractivity contribution in [2.24, 2.45) is 0 Å². The molecule has 0 aromatic rings. The molecule has 2 nitrogen and oxygen atoms in total. The third-order valence-corrected chi connectivity index (χ3v) is 2.37. The minimum atomic E-state index is 0.505. The van der Waals surface area contributed by atoms with E-state index in [9.17, 15) is 0 Å². The monoisotopic (exact) mass is 195 g/mol. The summed E-state index contributed by atoms with van der Waals surface area (Å²) < 4.78 is 5.40. The van der Waals surface area contributed by atoms with E-state index in [1.54, 1.807) is 0 Å². The molecule has 0 aliphatic carbocycles. The van der Waals surface area contributed by atoms with Gasteiger partial charge in [-0.3, -0.25) is 0 Å². The molecule has 1 heterocycles. The fourth-order valence-corrected chi connectivity index (χ4v) is 1.57. The average Bonchev–Trinajstić information content (AvgIpc) is 2.16. The largest absolute Gasteiger partial charge is 0.379 e. The van der Waals surface area contributed by atoms with Gasteiger partial charge in [0, 0.05) is 12.6 Å². The van der Waals surface area contributed by atoms with Gasteiger partial charge in [0.25, 0.3) is 0 Å². The Morgan fingerprint density at radius 2 is 2.36 bits per heavy atom. The van der Waals surface area contributed by atoms with Gasteiger partial charge in [0.1, 0.15) is 0 Å². The molecule has 0 aromatic carbocycles. The second kappa shape index (κ2) is 5.99. The molecule has 1 saturated heterocycles. The van der Waals surface area contributed by atoms with Crippen LogP contribution in [-0.4, -0.2) is 25.8 Å². The molecule has 0 spiro atoms. The van der Waals surface area contributed by atoms with E-state index in [-0.39, 0.29) is 0 Å². The van der Waals surface area contributed by atoms with Crippen LogP contribution in [-0.2, 0) is 4.74 Å². The van der Waals surface area contributed by atoms with Gasteiger partial charge < -0.3 is 10.1 Å². The van der Waals surface area contributed by atoms with Crippen molar-refractivity contribution < 1.29 is 4.74 Å². The smallest absolute Gasteiger partial charge is 0.0623 e. The van der Waals surface area contributed by atoms with Crippen LogP contribution in [0, 0.1) is 0 Å². The van der Waals surface area contributed by atoms with Crippen LogP contribution in [0.2, 0.25) is 0 Å². The van der Waals surface area contributed by atoms with E-state index in [1.807, 2.05) is 0 Å². The average molecular weight is 195 g/mol. The topological polar surface area (TPSA) is 21.3 Å². The maximum absolute atomic E-state index is 5.40. The van der Waals surface area contributed by atoms with Crippen molar-refractivity contribution in [2.45, 2.75) is 32.7 Å². The molecule has 0 bridgehead atoms. The van der Waals surface area contributed by atoms with E-state index < -0.39 is 0 Å². The van der Waals surface area contributed by atoms with Gasteiger partial charge in [0.15, 0.2) is 0 Å². The van der Waals surface area contributed by atoms with Crippen molar-refractivity contribution in [3.05, 3.63) is 23.8 Å². The first-order chi connectivity index (χ1) is 6.68. The minimum absolute atomic E-state index is 0.505. The summed E-state index contributed by atoms with van der Waals surface area (Å²) in [6, 6.07) is 0.505. The Hall–Kier alpha value is -0.600. The van der Waals surface area contributed by atoms with E-state index in [0.717, 1.165) is 32.6 Å². The predicted molar refractivity (Wildman–Crippen MR) is 60.4 cm³/mol. The predicted octanol–water partition coefficient (Wildman–Crippen LogP) is 2.28. The van der Waals surface area contributed by atoms with Gasteiger partial charge in [0.05, 0.1) is 13.2 Å². The molecule has 0 saturated carbocycles. The Bertz CT molecular complexity index is 214. The minimum Gasteiger partial charge on any atom is -0.379 e. The summed E-state index contributed by atoms with van der Waals surface area (Å²) in [6.07, 6.45) is 4.35. The maximum atomic E-state index is 5.40. The molecular formula is C12H21NO. The summed E-state index contributed by atoms with van der Waals surface area (Å²) in [5, 5.41) is 3.45. The lowest BCUT2D eigenvalue weighted by atomic mass is 10.1. The number of hydrogen-bond donors (Lipinski definition) is 1. The third-order valence-electron chi connectivity index (χ3n) is 2.37. The highest BCUT2D eigenvalue weighted by Gasteiger charge is 2.12. The van der Waals surface area contributed by atoms with Crippen LogP contribution in [0.15, 0.2) is 23.8 Å². The highest BCUT2D eigenvalue weighted by Crippen LogP contribution is 2.10. The molecule has 14 heavy (non-hydrogen) atoms. The van der Waals surface area contributed by atoms with E-state index in [0.29, 0.717) is 6.04 Å². The zero-order valence-electron chi connectivity index (χ0n) is 9.31. The molecule has 2 heteroatoms. The molecule has 1 rings (SSSR count). The molecule has 80 valence electrons. The van der Waals surface area contributed by atoms with Crippen molar-refractivity contribution in [1.29, 1.82) is 0 Å². The van der Waals surface area contributed by atoms with Gasteiger partial charge in [-0.25, -0.2) is 0 Å². The van der Waals surface area contributed by atoms with Crippen molar-refractivity contribution in [1.82, 2.24) is 5.32 Å². The summed E-state index contributed by atoms with van der Waals surface area (Å²) in [4.78, 5) is 0. The molecule has 0 aromatic heterocycles. The highest BCUT2D eigenvalue weighted by atomic mass is 16.5. The highest BCUT2D eigenvalue weighted by molar-refractivity contribution is 5.07. The van der Waals surface area contributed by atoms with Gasteiger partial charge in [-0.15, -0.1) is 0 Å². The van der Waals surface area contributed by atoms with E-state index >= 15 is 0 Å². The zero-order chi connectivity index (χ0) is 10.4. The summed E-state index contributed by atoms with van der Waals surface area (Å²) in [6.45, 7) is 10.8. The normalized spacial score (nSPS) is 23.6. The van der Waals surface area contributed by atoms with Crippen molar-refractivity contribution in [2.75, 3.05) is 19.8 Å². The van der Waals surface area contributed by atoms with Gasteiger partial charge >= 0.3 is 0 Å². The van der Waals surface area contributed by atoms with Crippen molar-refractivity contribution in [3.63, 3.8) is 0 Å². The Balaban J connectivity index is 2.27. The van der Waals surface area contributed by atoms with Crippen LogP contribution in [0.25, 0.3) is 0 Å². The fraction of sp³-hybridized carbons (Fsp3) is 0.667. The standard InChI is InChI=1S/C12H21NO/c1-10(2)4-5-11(3)8-12-9-14-7-6-13-12/h5,12-13H,1,4,6-9H2,2-3H3/b11-5-. The van der Waals surface area contributed by atoms with Gasteiger partial charge in [-0.05, 0) is 26.7 Å². The van der Waals surface area contributed by atoms with E-state index in [1.165, 1.54) is 11.1 Å². The molecular weight excluding hydrogens is 174 g/mol. The van der Waals surface area contributed by atoms with Gasteiger partial charge in [-0.1, -0.05) is 23.8 Å². The molecule has 1 unspecified atom stereocenters. The molecule has 1 fully saturated rings. The Morgan fingerprint density at radius 1 is 1.57 bits per heavy atom. The van der Waals surface area contributed by atoms with Crippen LogP contribution in [0.1, 0.15) is 26.7 Å². The number of rotatable bonds is 4. The maximum Gasteiger partial charge on any atom is 0.0623 e. The summed E-state index contributed by atoms with van der Waals surface area (Å²) in [5.74, 6) is 0. The van der Waals surface area contributed by atoms with Crippen LogP contribution < -0.4 is 5.32 Å². The number of ether oxygens (including phenoxy) is 1. The summed E-state index contributed by atoms with van der Waals surface area (Å²) >= 11 is 0. The lowest BCUT2D eigenvalue weighted by Gasteiger charge is -2.24. The Morgan fingerprint density at radius 3 is 2.93 bits per heavy atom. The van der Waals surface area contributed by atoms with Crippen LogP contribution in [0.3, 0.4) is 0 Å². The quantitative estimate of drug-likeness (QED) is 0.695. The Labute approximate surface area is 87.0 Å². The van der Waals surface area contributed by atoms with Crippen LogP contribution >= 0.6 is 0 Å². The van der Waals surface area contributed by atoms with Crippen LogP contribution in [0.4, 0.5) is 0 Å². The second-order valence-corrected chi connectivity index (χ2v) is 4.14. The lowest BCUT2D eigenvalue weighted by molar-refractivity contribution is 0.0770. The number of morpholine rings is 1. The molecule has 0 amide bonds. The van der Waals surface area contributed by atoms with Crippen molar-refractivity contribution in [3.8, 4) is 0 Å². The lowest BCUT2D eigenvalue weighted by Crippen LogP contribution is -2.41. The molecule has 1 atom stereocenters. The first kappa shape index (κ1) is 11.5. The third kappa shape index (κ3) is 4.58. The van der Waals surface area contributed by atoms with E-state index in [2.05, 4.69) is 31.8 Å². The van der Waals surface area contributed by atoms with Gasteiger partial charge in [-0.2, -0.15) is 0 Å². The van der Waals surface area contributed by atoms with Gasteiger partial charge in [0.2, 0.25) is 0 Å². The zero-order valence-corrected chi connectivity index (χ0v) is 9.31. The number of nitrogens with one attached hydrogen (secondary N) is 1. The van der Waals surface area contributed by atoms with E-state index in [4.69, 9.17) is 4.74 Å². The molecule has 1 aliphatic rings. The van der Waals surface area contributed by atoms with Crippen LogP contribution in [0.5, 0.6) is 0 Å². The summed E-state index contributed by atoms with van der Waals surface area (Å²) in [7, 11) is 0. The first-order valence-corrected chi connectivity index (χ1v) is 5.29. The number of allylic oxidation sites excluding steroid dienone is 2. The van der Waals surface area contributed by atoms with Crippen molar-refractivity contribution >= 4 is 0 Å². The second-order valence-electron chi connectivity index (χ2n) is 4.14. The summed E-state index contributed by atoms with van der Waals surface area (Å²) in [5.41, 5.74) is 2.65. The molecule has 1 aliphatic heterocycles. The molecule has 0 radical (unpaired) electrons. The molecule has 1 N–H and O–H groups in total. The Kier molecular flexibility index (Phi) is 4.91. The first-order valence-electron chi connectivity index (χ1n) is 5.29. The number of hydrogen-bond acceptors (Lipinski definition) is 2. The fourth-order valence-electron chi connectivity index (χ4n) is 1.57. The SMILES string of the molecule is C=C(C)C/C=C(/C)CC1COCCN1.